The molecule has 0 aliphatic heterocycles. The molecule has 0 saturated carbocycles. The van der Waals surface area contributed by atoms with Crippen LogP contribution in [-0.2, 0) is 11.2 Å². The standard InChI is InChI=1S/C15H12I3NO4/c16-11-5-8(7-13(19-18)15(21)22)6-12(17)14(11)23-10-3-1-9(20)2-4-10/h1-6,13,19-20H,7H2,(H,21,22). The Morgan fingerprint density at radius 2 is 1.74 bits per heavy atom. The summed E-state index contributed by atoms with van der Waals surface area (Å²) in [6.07, 6.45) is 0.393. The number of carboxylic acid groups (broad SMARTS) is 1. The van der Waals surface area contributed by atoms with Gasteiger partial charge in [-0.1, -0.05) is 0 Å². The van der Waals surface area contributed by atoms with E-state index in [0.717, 1.165) is 18.5 Å². The van der Waals surface area contributed by atoms with Crippen molar-refractivity contribution in [3.63, 3.8) is 0 Å². The fourth-order valence-electron chi connectivity index (χ4n) is 1.87. The molecule has 0 amide bonds. The highest BCUT2D eigenvalue weighted by molar-refractivity contribution is 14.1. The molecule has 0 radical (unpaired) electrons. The number of rotatable bonds is 6. The maximum absolute atomic E-state index is 11.1. The Morgan fingerprint density at radius 3 is 2.22 bits per heavy atom. The average Bonchev–Trinajstić information content (AvgIpc) is 2.50. The van der Waals surface area contributed by atoms with Crippen LogP contribution in [0.2, 0.25) is 0 Å². The number of benzene rings is 2. The predicted octanol–water partition coefficient (Wildman–Crippen LogP) is 4.33. The predicted molar refractivity (Wildman–Crippen MR) is 112 cm³/mol. The second-order valence-electron chi connectivity index (χ2n) is 4.69. The second-order valence-corrected chi connectivity index (χ2v) is 7.64. The Hall–Kier alpha value is -0.340. The van der Waals surface area contributed by atoms with Crippen molar-refractivity contribution in [1.29, 1.82) is 0 Å². The molecular formula is C15H12I3NO4. The summed E-state index contributed by atoms with van der Waals surface area (Å²) < 4.78 is 10.4. The van der Waals surface area contributed by atoms with Crippen LogP contribution < -0.4 is 8.27 Å². The number of ether oxygens (including phenoxy) is 1. The van der Waals surface area contributed by atoms with Crippen molar-refractivity contribution in [3.8, 4) is 17.2 Å². The molecule has 3 N–H and O–H groups in total. The van der Waals surface area contributed by atoms with Crippen LogP contribution in [0.1, 0.15) is 5.56 Å². The van der Waals surface area contributed by atoms with Gasteiger partial charge in [-0.15, -0.1) is 0 Å². The number of phenols is 1. The van der Waals surface area contributed by atoms with Crippen molar-refractivity contribution in [3.05, 3.63) is 49.1 Å². The van der Waals surface area contributed by atoms with Crippen molar-refractivity contribution in [2.75, 3.05) is 0 Å². The van der Waals surface area contributed by atoms with Gasteiger partial charge in [0.25, 0.3) is 0 Å². The highest BCUT2D eigenvalue weighted by Crippen LogP contribution is 2.33. The van der Waals surface area contributed by atoms with Gasteiger partial charge in [0.1, 0.15) is 17.5 Å². The molecule has 0 spiro atoms. The highest BCUT2D eigenvalue weighted by Gasteiger charge is 2.18. The van der Waals surface area contributed by atoms with Gasteiger partial charge in [-0.05, 0) is 93.6 Å². The molecule has 2 rings (SSSR count). The highest BCUT2D eigenvalue weighted by atomic mass is 127. The topological polar surface area (TPSA) is 78.8 Å². The van der Waals surface area contributed by atoms with E-state index < -0.39 is 12.0 Å². The molecule has 2 aromatic carbocycles. The molecule has 2 aromatic rings. The quantitative estimate of drug-likeness (QED) is 0.321. The third-order valence-corrected chi connectivity index (χ3v) is 5.34. The first-order chi connectivity index (χ1) is 10.9. The number of carbonyl (C=O) groups is 1. The van der Waals surface area contributed by atoms with Gasteiger partial charge in [-0.3, -0.25) is 4.79 Å². The van der Waals surface area contributed by atoms with Gasteiger partial charge < -0.3 is 14.9 Å². The molecule has 0 bridgehead atoms. The summed E-state index contributed by atoms with van der Waals surface area (Å²) in [7, 11) is 0. The van der Waals surface area contributed by atoms with E-state index >= 15 is 0 Å². The molecule has 1 atom stereocenters. The van der Waals surface area contributed by atoms with Crippen LogP contribution in [0.3, 0.4) is 0 Å². The number of hydrogen-bond acceptors (Lipinski definition) is 4. The van der Waals surface area contributed by atoms with Crippen molar-refractivity contribution < 1.29 is 19.7 Å². The van der Waals surface area contributed by atoms with Crippen molar-refractivity contribution in [2.45, 2.75) is 12.5 Å². The van der Waals surface area contributed by atoms with Gasteiger partial charge >= 0.3 is 5.97 Å². The average molecular weight is 651 g/mol. The van der Waals surface area contributed by atoms with Gasteiger partial charge in [0, 0.05) is 22.9 Å². The maximum atomic E-state index is 11.1. The van der Waals surface area contributed by atoms with E-state index in [4.69, 9.17) is 9.84 Å². The van der Waals surface area contributed by atoms with Crippen LogP contribution in [0.25, 0.3) is 0 Å². The fraction of sp³-hybridized carbons (Fsp3) is 0.133. The Labute approximate surface area is 174 Å². The van der Waals surface area contributed by atoms with E-state index in [2.05, 4.69) is 48.7 Å². The van der Waals surface area contributed by atoms with Crippen LogP contribution in [0, 0.1) is 7.14 Å². The molecular weight excluding hydrogens is 639 g/mol. The Bertz CT molecular complexity index is 683. The van der Waals surface area contributed by atoms with E-state index in [-0.39, 0.29) is 5.75 Å². The summed E-state index contributed by atoms with van der Waals surface area (Å²) in [5.41, 5.74) is 0.924. The Kier molecular flexibility index (Phi) is 7.16. The normalized spacial score (nSPS) is 12.0. The van der Waals surface area contributed by atoms with E-state index in [9.17, 15) is 9.90 Å². The largest absolute Gasteiger partial charge is 0.508 e. The van der Waals surface area contributed by atoms with Gasteiger partial charge in [0.15, 0.2) is 5.75 Å². The smallest absolute Gasteiger partial charge is 0.321 e. The monoisotopic (exact) mass is 651 g/mol. The first kappa shape index (κ1) is 19.0. The number of aliphatic carboxylic acids is 1. The van der Waals surface area contributed by atoms with Gasteiger partial charge in [-0.25, -0.2) is 3.53 Å². The summed E-state index contributed by atoms with van der Waals surface area (Å²) >= 11 is 6.20. The minimum atomic E-state index is -0.881. The van der Waals surface area contributed by atoms with Crippen molar-refractivity contribution >= 4 is 74.0 Å². The van der Waals surface area contributed by atoms with E-state index in [1.54, 1.807) is 24.3 Å². The zero-order valence-corrected chi connectivity index (χ0v) is 18.1. The lowest BCUT2D eigenvalue weighted by Crippen LogP contribution is -2.32. The minimum Gasteiger partial charge on any atom is -0.508 e. The maximum Gasteiger partial charge on any atom is 0.321 e. The first-order valence-electron chi connectivity index (χ1n) is 6.44. The third kappa shape index (κ3) is 5.32. The van der Waals surface area contributed by atoms with Crippen LogP contribution in [0.15, 0.2) is 36.4 Å². The summed E-state index contributed by atoms with van der Waals surface area (Å²) in [5, 5.41) is 18.4. The lowest BCUT2D eigenvalue weighted by molar-refractivity contribution is -0.138. The van der Waals surface area contributed by atoms with Gasteiger partial charge in [0.2, 0.25) is 0 Å². The molecule has 0 fully saturated rings. The van der Waals surface area contributed by atoms with E-state index in [1.165, 1.54) is 0 Å². The molecule has 0 aromatic heterocycles. The Morgan fingerprint density at radius 1 is 1.17 bits per heavy atom. The van der Waals surface area contributed by atoms with Gasteiger partial charge in [0.05, 0.1) is 7.14 Å². The number of halogens is 3. The molecule has 0 aliphatic carbocycles. The molecule has 0 aliphatic rings. The van der Waals surface area contributed by atoms with Crippen molar-refractivity contribution in [2.24, 2.45) is 0 Å². The molecule has 122 valence electrons. The van der Waals surface area contributed by atoms with Crippen LogP contribution >= 0.6 is 68.0 Å². The first-order valence-corrected chi connectivity index (χ1v) is 9.68. The second kappa shape index (κ2) is 8.67. The SMILES string of the molecule is O=C(O)C(Cc1cc(I)c(Oc2ccc(O)cc2)c(I)c1)NI. The zero-order chi connectivity index (χ0) is 17.0. The fourth-order valence-corrected chi connectivity index (χ4v) is 4.47. The number of phenolic OH excluding ortho intramolecular Hbond substituents is 1. The molecule has 23 heavy (non-hydrogen) atoms. The lowest BCUT2D eigenvalue weighted by atomic mass is 10.1. The summed E-state index contributed by atoms with van der Waals surface area (Å²) in [4.78, 5) is 11.1. The molecule has 0 heterocycles. The van der Waals surface area contributed by atoms with E-state index in [0.29, 0.717) is 12.2 Å². The van der Waals surface area contributed by atoms with Crippen molar-refractivity contribution in [1.82, 2.24) is 3.53 Å². The number of carboxylic acids is 1. The lowest BCUT2D eigenvalue weighted by Gasteiger charge is -2.14. The molecule has 5 nitrogen and oxygen atoms in total. The Balaban J connectivity index is 2.23. The number of nitrogens with one attached hydrogen (secondary N) is 1. The summed E-state index contributed by atoms with van der Waals surface area (Å²) in [5.74, 6) is 0.649. The third-order valence-electron chi connectivity index (χ3n) is 2.98. The molecule has 1 unspecified atom stereocenters. The molecule has 8 heteroatoms. The van der Waals surface area contributed by atoms with Crippen LogP contribution in [0.5, 0.6) is 17.2 Å². The zero-order valence-electron chi connectivity index (χ0n) is 11.6. The van der Waals surface area contributed by atoms with Gasteiger partial charge in [-0.2, -0.15) is 0 Å². The summed E-state index contributed by atoms with van der Waals surface area (Å²) in [6, 6.07) is 9.71. The van der Waals surface area contributed by atoms with Crippen LogP contribution in [0.4, 0.5) is 0 Å². The number of aromatic hydroxyl groups is 1. The molecule has 0 saturated heterocycles. The van der Waals surface area contributed by atoms with Crippen LogP contribution in [-0.4, -0.2) is 22.2 Å². The number of hydrogen-bond donors (Lipinski definition) is 3. The van der Waals surface area contributed by atoms with E-state index in [1.807, 2.05) is 35.0 Å². The summed E-state index contributed by atoms with van der Waals surface area (Å²) in [6.45, 7) is 0. The minimum absolute atomic E-state index is 0.183.